The van der Waals surface area contributed by atoms with Crippen molar-refractivity contribution in [1.82, 2.24) is 10.6 Å². The quantitative estimate of drug-likeness (QED) is 0.0655. The van der Waals surface area contributed by atoms with E-state index in [2.05, 4.69) is 125 Å². The molecule has 0 heterocycles. The van der Waals surface area contributed by atoms with Gasteiger partial charge in [-0.05, 0) is 67.2 Å². The smallest absolute Gasteiger partial charge is 0.228 e. The fraction of sp³-hybridized carbons (Fsp3) is 0.387. The lowest BCUT2D eigenvalue weighted by Crippen LogP contribution is -2.34. The molecule has 0 saturated carbocycles. The minimum absolute atomic E-state index is 0.101. The van der Waals surface area contributed by atoms with E-state index in [-0.39, 0.29) is 78.0 Å². The first-order valence-corrected chi connectivity index (χ1v) is 29.1. The highest BCUT2D eigenvalue weighted by molar-refractivity contribution is 7.79. The maximum Gasteiger partial charge on any atom is 0.228 e. The molecule has 72 heavy (non-hydrogen) atoms. The highest BCUT2D eigenvalue weighted by Crippen LogP contribution is 2.47. The number of hydrogen-bond donors (Lipinski definition) is 2. The zero-order valence-electron chi connectivity index (χ0n) is 45.0. The minimum Gasteiger partial charge on any atom is -0.491 e. The highest BCUT2D eigenvalue weighted by Gasteiger charge is 2.34. The zero-order chi connectivity index (χ0) is 52.7. The molecule has 0 aliphatic heterocycles. The number of carbonyl (C=O) groups is 2. The molecule has 2 N–H and O–H groups in total. The van der Waals surface area contributed by atoms with Gasteiger partial charge in [0.25, 0.3) is 0 Å². The Morgan fingerprint density at radius 3 is 0.944 bits per heavy atom. The fourth-order valence-electron chi connectivity index (χ4n) is 9.34. The third kappa shape index (κ3) is 13.5. The summed E-state index contributed by atoms with van der Waals surface area (Å²) in [6.45, 7) is 29.8. The van der Waals surface area contributed by atoms with Crippen LogP contribution < -0.4 is 41.3 Å². The van der Waals surface area contributed by atoms with E-state index in [0.29, 0.717) is 21.2 Å². The van der Waals surface area contributed by atoms with Gasteiger partial charge in [-0.3, -0.25) is 9.59 Å². The van der Waals surface area contributed by atoms with Crippen LogP contribution in [0.25, 0.3) is 0 Å². The third-order valence-corrected chi connectivity index (χ3v) is 19.3. The molecule has 10 heteroatoms. The summed E-state index contributed by atoms with van der Waals surface area (Å²) in [4.78, 5) is 27.2. The van der Waals surface area contributed by atoms with Crippen LogP contribution in [0.15, 0.2) is 146 Å². The molecule has 0 aliphatic carbocycles. The lowest BCUT2D eigenvalue weighted by Gasteiger charge is -2.34. The molecule has 0 bridgehead atoms. The Labute approximate surface area is 430 Å². The molecule has 6 aromatic carbocycles. The second kappa shape index (κ2) is 22.6. The molecular weight excluding hydrogens is 931 g/mol. The van der Waals surface area contributed by atoms with Gasteiger partial charge in [-0.15, -0.1) is 0 Å². The molecule has 0 unspecified atom stereocenters. The van der Waals surface area contributed by atoms with Crippen LogP contribution in [0.2, 0.25) is 0 Å². The molecule has 8 nitrogen and oxygen atoms in total. The van der Waals surface area contributed by atoms with E-state index in [1.165, 1.54) is 11.1 Å². The summed E-state index contributed by atoms with van der Waals surface area (Å²) in [5.41, 5.74) is 5.86. The lowest BCUT2D eigenvalue weighted by molar-refractivity contribution is -0.119. The number of rotatable bonds is 18. The van der Waals surface area contributed by atoms with Crippen LogP contribution in [0.4, 0.5) is 0 Å². The Morgan fingerprint density at radius 1 is 0.431 bits per heavy atom. The van der Waals surface area contributed by atoms with Gasteiger partial charge in [-0.2, -0.15) is 0 Å². The van der Waals surface area contributed by atoms with Gasteiger partial charge >= 0.3 is 0 Å². The molecule has 0 spiro atoms. The van der Waals surface area contributed by atoms with Gasteiger partial charge in [0, 0.05) is 27.1 Å². The van der Waals surface area contributed by atoms with Crippen molar-refractivity contribution in [3.05, 3.63) is 179 Å². The van der Waals surface area contributed by atoms with E-state index in [0.717, 1.165) is 33.8 Å². The van der Waals surface area contributed by atoms with Crippen molar-refractivity contribution in [2.45, 2.75) is 118 Å². The standard InChI is InChI=1S/C62H78N2O6P2/c1-44(49-38-55(53(61(8,9)10)40-51(49)59(2,3)4)69-36-34-63-57(65)42-71(67,45-26-18-14-19-27-45)46-28-20-15-21-29-46)50-39-56(54(62(11,12)13)41-52(50)60(5,6)7)70-37-35-64-58(66)43-72(68,47-30-22-16-23-31-47)48-32-24-17-25-33-48/h14-33,38-41,44H,34-37,42-43H2,1-13H3,(H,63,65)(H,64,66). The Balaban J connectivity index is 1.27. The Bertz CT molecular complexity index is 2610. The summed E-state index contributed by atoms with van der Waals surface area (Å²) in [5, 5.41) is 8.63. The summed E-state index contributed by atoms with van der Waals surface area (Å²) < 4.78 is 42.7. The molecule has 0 aliphatic rings. The van der Waals surface area contributed by atoms with E-state index >= 15 is 0 Å². The lowest BCUT2D eigenvalue weighted by atomic mass is 9.71. The Hall–Kier alpha value is -5.68. The number of nitrogens with one attached hydrogen (secondary N) is 2. The second-order valence-electron chi connectivity index (χ2n) is 23.1. The molecule has 2 amide bonds. The Kier molecular flexibility index (Phi) is 17.5. The van der Waals surface area contributed by atoms with Gasteiger partial charge in [-0.1, -0.05) is 223 Å². The molecule has 0 saturated heterocycles. The first-order chi connectivity index (χ1) is 33.7. The highest BCUT2D eigenvalue weighted by atomic mass is 31.2. The van der Waals surface area contributed by atoms with Gasteiger partial charge in [0.05, 0.1) is 25.4 Å². The van der Waals surface area contributed by atoms with Crippen LogP contribution in [0.3, 0.4) is 0 Å². The number of hydrogen-bond acceptors (Lipinski definition) is 6. The molecule has 6 aromatic rings. The van der Waals surface area contributed by atoms with E-state index in [1.54, 1.807) is 0 Å². The maximum atomic E-state index is 14.6. The van der Waals surface area contributed by atoms with Crippen LogP contribution in [0, 0.1) is 0 Å². The van der Waals surface area contributed by atoms with Crippen molar-refractivity contribution in [3.8, 4) is 11.5 Å². The van der Waals surface area contributed by atoms with Crippen LogP contribution in [0.1, 0.15) is 129 Å². The van der Waals surface area contributed by atoms with E-state index in [9.17, 15) is 18.7 Å². The van der Waals surface area contributed by atoms with Crippen molar-refractivity contribution in [2.24, 2.45) is 0 Å². The minimum atomic E-state index is -3.24. The first-order valence-electron chi connectivity index (χ1n) is 25.3. The number of carbonyl (C=O) groups excluding carboxylic acids is 2. The van der Waals surface area contributed by atoms with Crippen LogP contribution in [-0.2, 0) is 40.4 Å². The summed E-state index contributed by atoms with van der Waals surface area (Å²) in [5.74, 6) is 0.815. The monoisotopic (exact) mass is 1010 g/mol. The fourth-order valence-corrected chi connectivity index (χ4v) is 14.3. The molecule has 0 radical (unpaired) electrons. The molecular formula is C62H78N2O6P2. The Morgan fingerprint density at radius 2 is 0.694 bits per heavy atom. The zero-order valence-corrected chi connectivity index (χ0v) is 46.8. The van der Waals surface area contributed by atoms with E-state index in [1.807, 2.05) is 121 Å². The normalized spacial score (nSPS) is 12.6. The van der Waals surface area contributed by atoms with Gasteiger partial charge < -0.3 is 29.2 Å². The van der Waals surface area contributed by atoms with Crippen molar-refractivity contribution in [1.29, 1.82) is 0 Å². The van der Waals surface area contributed by atoms with E-state index < -0.39 is 14.3 Å². The SMILES string of the molecule is CC(c1cc(OCCNC(=O)CP(=O)(c2ccccc2)c2ccccc2)c(C(C)(C)C)cc1C(C)(C)C)c1cc(OCCNC(=O)CP(=O)(c2ccccc2)c2ccccc2)c(C(C)(C)C)cc1C(C)(C)C. The average molecular weight is 1010 g/mol. The molecule has 6 rings (SSSR count). The summed E-state index contributed by atoms with van der Waals surface area (Å²) in [7, 11) is -6.49. The molecule has 0 atom stereocenters. The van der Waals surface area contributed by atoms with Crippen molar-refractivity contribution in [3.63, 3.8) is 0 Å². The van der Waals surface area contributed by atoms with Crippen LogP contribution in [-0.4, -0.2) is 50.4 Å². The number of benzene rings is 6. The van der Waals surface area contributed by atoms with Crippen LogP contribution >= 0.6 is 14.3 Å². The largest absolute Gasteiger partial charge is 0.491 e. The number of ether oxygens (including phenoxy) is 2. The van der Waals surface area contributed by atoms with Gasteiger partial charge in [0.15, 0.2) is 14.3 Å². The molecule has 0 fully saturated rings. The van der Waals surface area contributed by atoms with E-state index in [4.69, 9.17) is 9.47 Å². The topological polar surface area (TPSA) is 111 Å². The predicted octanol–water partition coefficient (Wildman–Crippen LogP) is 12.0. The number of amides is 2. The third-order valence-electron chi connectivity index (χ3n) is 13.3. The molecule has 0 aromatic heterocycles. The van der Waals surface area contributed by atoms with Gasteiger partial charge in [-0.25, -0.2) is 0 Å². The maximum absolute atomic E-state index is 14.6. The van der Waals surface area contributed by atoms with Crippen LogP contribution in [0.5, 0.6) is 11.5 Å². The van der Waals surface area contributed by atoms with Crippen molar-refractivity contribution in [2.75, 3.05) is 38.6 Å². The summed E-state index contributed by atoms with van der Waals surface area (Å²) >= 11 is 0. The average Bonchev–Trinajstić information content (AvgIpc) is 3.33. The summed E-state index contributed by atoms with van der Waals surface area (Å²) in [6.07, 6.45) is -0.291. The first kappa shape index (κ1) is 55.6. The van der Waals surface area contributed by atoms with Gasteiger partial charge in [0.2, 0.25) is 11.8 Å². The summed E-state index contributed by atoms with van der Waals surface area (Å²) in [6, 6.07) is 46.1. The second-order valence-corrected chi connectivity index (χ2v) is 28.8. The van der Waals surface area contributed by atoms with Crippen molar-refractivity contribution >= 4 is 47.3 Å². The van der Waals surface area contributed by atoms with Crippen molar-refractivity contribution < 1.29 is 28.2 Å². The predicted molar refractivity (Wildman–Crippen MR) is 301 cm³/mol. The molecule has 382 valence electrons. The van der Waals surface area contributed by atoms with Gasteiger partial charge in [0.1, 0.15) is 24.7 Å².